The summed E-state index contributed by atoms with van der Waals surface area (Å²) in [6.07, 6.45) is 7.46. The van der Waals surface area contributed by atoms with E-state index in [1.807, 2.05) is 12.4 Å². The van der Waals surface area contributed by atoms with Gasteiger partial charge >= 0.3 is 0 Å². The molecule has 2 aromatic rings. The highest BCUT2D eigenvalue weighted by atomic mass is 15.2. The van der Waals surface area contributed by atoms with Gasteiger partial charge in [-0.05, 0) is 30.9 Å². The summed E-state index contributed by atoms with van der Waals surface area (Å²) in [6.45, 7) is 2.18. The molecular formula is C14H17N3. The van der Waals surface area contributed by atoms with Crippen molar-refractivity contribution in [2.24, 2.45) is 0 Å². The van der Waals surface area contributed by atoms with Gasteiger partial charge in [-0.15, -0.1) is 0 Å². The van der Waals surface area contributed by atoms with Gasteiger partial charge in [0.25, 0.3) is 0 Å². The maximum absolute atomic E-state index is 4.40. The van der Waals surface area contributed by atoms with Crippen molar-refractivity contribution < 1.29 is 0 Å². The lowest BCUT2D eigenvalue weighted by atomic mass is 10.1. The molecule has 1 fully saturated rings. The van der Waals surface area contributed by atoms with Crippen molar-refractivity contribution in [3.05, 3.63) is 42.2 Å². The molecule has 0 spiro atoms. The first-order valence-electron chi connectivity index (χ1n) is 6.26. The third kappa shape index (κ3) is 2.05. The van der Waals surface area contributed by atoms with E-state index in [4.69, 9.17) is 0 Å². The Labute approximate surface area is 101 Å². The van der Waals surface area contributed by atoms with Crippen LogP contribution in [0, 0.1) is 0 Å². The summed E-state index contributed by atoms with van der Waals surface area (Å²) in [7, 11) is 0. The number of aryl methyl sites for hydroxylation is 1. The Morgan fingerprint density at radius 2 is 2.18 bits per heavy atom. The Bertz CT molecular complexity index is 512. The molecule has 0 saturated heterocycles. The Kier molecular flexibility index (Phi) is 2.59. The molecule has 0 bridgehead atoms. The standard InChI is InChI=1S/C14H17N3/c1-2-11-5-3-4-6-13(11)17-10-9-15-14(17)16-12-7-8-12/h3-6,9-10,12H,2,7-8H2,1H3,(H,15,16). The minimum absolute atomic E-state index is 0.630. The minimum Gasteiger partial charge on any atom is -0.353 e. The summed E-state index contributed by atoms with van der Waals surface area (Å²) in [4.78, 5) is 4.40. The first-order valence-corrected chi connectivity index (χ1v) is 6.26. The highest BCUT2D eigenvalue weighted by molar-refractivity contribution is 5.48. The zero-order valence-electron chi connectivity index (χ0n) is 10.1. The van der Waals surface area contributed by atoms with Crippen molar-refractivity contribution in [2.75, 3.05) is 5.32 Å². The lowest BCUT2D eigenvalue weighted by Crippen LogP contribution is -2.08. The fourth-order valence-electron chi connectivity index (χ4n) is 2.06. The van der Waals surface area contributed by atoms with Gasteiger partial charge in [0.2, 0.25) is 5.95 Å². The predicted molar refractivity (Wildman–Crippen MR) is 69.6 cm³/mol. The summed E-state index contributed by atoms with van der Waals surface area (Å²) >= 11 is 0. The molecule has 1 saturated carbocycles. The van der Waals surface area contributed by atoms with Crippen LogP contribution in [0.25, 0.3) is 5.69 Å². The second-order valence-electron chi connectivity index (χ2n) is 4.52. The molecule has 3 heteroatoms. The first-order chi connectivity index (χ1) is 8.38. The second kappa shape index (κ2) is 4.24. The third-order valence-corrected chi connectivity index (χ3v) is 3.18. The largest absolute Gasteiger partial charge is 0.353 e. The van der Waals surface area contributed by atoms with E-state index in [-0.39, 0.29) is 0 Å². The smallest absolute Gasteiger partial charge is 0.207 e. The van der Waals surface area contributed by atoms with Gasteiger partial charge in [0.15, 0.2) is 0 Å². The molecule has 0 radical (unpaired) electrons. The normalized spacial score (nSPS) is 14.9. The van der Waals surface area contributed by atoms with Crippen LogP contribution in [-0.2, 0) is 6.42 Å². The lowest BCUT2D eigenvalue weighted by molar-refractivity contribution is 0.975. The van der Waals surface area contributed by atoms with Crippen LogP contribution in [0.5, 0.6) is 0 Å². The van der Waals surface area contributed by atoms with Crippen molar-refractivity contribution >= 4 is 5.95 Å². The van der Waals surface area contributed by atoms with Crippen LogP contribution >= 0.6 is 0 Å². The summed E-state index contributed by atoms with van der Waals surface area (Å²) in [5.74, 6) is 0.966. The number of para-hydroxylation sites is 1. The Balaban J connectivity index is 1.99. The maximum Gasteiger partial charge on any atom is 0.207 e. The van der Waals surface area contributed by atoms with Crippen LogP contribution in [-0.4, -0.2) is 15.6 Å². The number of hydrogen-bond acceptors (Lipinski definition) is 2. The molecule has 3 rings (SSSR count). The molecule has 3 nitrogen and oxygen atoms in total. The van der Waals surface area contributed by atoms with Crippen molar-refractivity contribution in [1.82, 2.24) is 9.55 Å². The van der Waals surface area contributed by atoms with Gasteiger partial charge in [-0.2, -0.15) is 0 Å². The molecule has 88 valence electrons. The SMILES string of the molecule is CCc1ccccc1-n1ccnc1NC1CC1. The molecule has 1 aromatic carbocycles. The molecule has 1 heterocycles. The molecule has 0 unspecified atom stereocenters. The van der Waals surface area contributed by atoms with Gasteiger partial charge in [-0.1, -0.05) is 25.1 Å². The number of anilines is 1. The van der Waals surface area contributed by atoms with E-state index in [9.17, 15) is 0 Å². The number of imidazole rings is 1. The number of hydrogen-bond donors (Lipinski definition) is 1. The Morgan fingerprint density at radius 1 is 1.35 bits per heavy atom. The average molecular weight is 227 g/mol. The Morgan fingerprint density at radius 3 is 2.94 bits per heavy atom. The topological polar surface area (TPSA) is 29.9 Å². The van der Waals surface area contributed by atoms with Crippen molar-refractivity contribution in [1.29, 1.82) is 0 Å². The second-order valence-corrected chi connectivity index (χ2v) is 4.52. The van der Waals surface area contributed by atoms with E-state index < -0.39 is 0 Å². The Hall–Kier alpha value is -1.77. The summed E-state index contributed by atoms with van der Waals surface area (Å²) < 4.78 is 2.15. The van der Waals surface area contributed by atoms with E-state index in [0.717, 1.165) is 12.4 Å². The van der Waals surface area contributed by atoms with Gasteiger partial charge in [-0.3, -0.25) is 4.57 Å². The summed E-state index contributed by atoms with van der Waals surface area (Å²) in [6, 6.07) is 9.13. The van der Waals surface area contributed by atoms with E-state index in [1.54, 1.807) is 0 Å². The van der Waals surface area contributed by atoms with Crippen LogP contribution in [0.3, 0.4) is 0 Å². The van der Waals surface area contributed by atoms with Gasteiger partial charge in [0.1, 0.15) is 0 Å². The maximum atomic E-state index is 4.40. The number of nitrogens with one attached hydrogen (secondary N) is 1. The van der Waals surface area contributed by atoms with Gasteiger partial charge in [0, 0.05) is 18.4 Å². The van der Waals surface area contributed by atoms with Crippen LogP contribution in [0.15, 0.2) is 36.7 Å². The highest BCUT2D eigenvalue weighted by Crippen LogP contribution is 2.26. The molecule has 1 N–H and O–H groups in total. The zero-order chi connectivity index (χ0) is 11.7. The average Bonchev–Trinajstić information content (AvgIpc) is 3.06. The number of benzene rings is 1. The fourth-order valence-corrected chi connectivity index (χ4v) is 2.06. The number of nitrogens with zero attached hydrogens (tertiary/aromatic N) is 2. The number of aromatic nitrogens is 2. The van der Waals surface area contributed by atoms with E-state index in [0.29, 0.717) is 6.04 Å². The van der Waals surface area contributed by atoms with Crippen molar-refractivity contribution in [2.45, 2.75) is 32.2 Å². The van der Waals surface area contributed by atoms with Crippen molar-refractivity contribution in [3.63, 3.8) is 0 Å². The van der Waals surface area contributed by atoms with E-state index in [1.165, 1.54) is 24.1 Å². The van der Waals surface area contributed by atoms with Gasteiger partial charge in [0.05, 0.1) is 5.69 Å². The third-order valence-electron chi connectivity index (χ3n) is 3.18. The van der Waals surface area contributed by atoms with Gasteiger partial charge < -0.3 is 5.32 Å². The van der Waals surface area contributed by atoms with E-state index in [2.05, 4.69) is 46.1 Å². The molecule has 0 amide bonds. The molecule has 0 aliphatic heterocycles. The minimum atomic E-state index is 0.630. The van der Waals surface area contributed by atoms with E-state index >= 15 is 0 Å². The molecule has 0 atom stereocenters. The molecular weight excluding hydrogens is 210 g/mol. The monoisotopic (exact) mass is 227 g/mol. The van der Waals surface area contributed by atoms with Crippen molar-refractivity contribution in [3.8, 4) is 5.69 Å². The lowest BCUT2D eigenvalue weighted by Gasteiger charge is -2.12. The van der Waals surface area contributed by atoms with Crippen LogP contribution in [0.2, 0.25) is 0 Å². The van der Waals surface area contributed by atoms with Gasteiger partial charge in [-0.25, -0.2) is 4.98 Å². The highest BCUT2D eigenvalue weighted by Gasteiger charge is 2.23. The molecule has 17 heavy (non-hydrogen) atoms. The summed E-state index contributed by atoms with van der Waals surface area (Å²) in [5, 5.41) is 3.47. The zero-order valence-corrected chi connectivity index (χ0v) is 10.1. The quantitative estimate of drug-likeness (QED) is 0.870. The molecule has 1 aromatic heterocycles. The molecule has 1 aliphatic rings. The summed E-state index contributed by atoms with van der Waals surface area (Å²) in [5.41, 5.74) is 2.58. The van der Waals surface area contributed by atoms with Crippen LogP contribution in [0.4, 0.5) is 5.95 Å². The molecule has 1 aliphatic carbocycles. The number of rotatable bonds is 4. The fraction of sp³-hybridized carbons (Fsp3) is 0.357. The van der Waals surface area contributed by atoms with Crippen LogP contribution in [0.1, 0.15) is 25.3 Å². The predicted octanol–water partition coefficient (Wildman–Crippen LogP) is 3.01. The first kappa shape index (κ1) is 10.4. The van der Waals surface area contributed by atoms with Crippen LogP contribution < -0.4 is 5.32 Å².